The summed E-state index contributed by atoms with van der Waals surface area (Å²) in [7, 11) is 0. The van der Waals surface area contributed by atoms with Gasteiger partial charge < -0.3 is 25.5 Å². The second-order valence-corrected chi connectivity index (χ2v) is 3.13. The highest BCUT2D eigenvalue weighted by atomic mass is 16.4. The predicted octanol–water partition coefficient (Wildman–Crippen LogP) is -3.33. The molecular weight excluding hydrogens is 224 g/mol. The van der Waals surface area contributed by atoms with Crippen molar-refractivity contribution in [1.82, 2.24) is 0 Å². The molecule has 0 saturated carbocycles. The Kier molecular flexibility index (Phi) is 5.18. The van der Waals surface area contributed by atoms with Gasteiger partial charge in [-0.3, -0.25) is 9.59 Å². The fourth-order valence-corrected chi connectivity index (χ4v) is 0.883. The zero-order valence-electron chi connectivity index (χ0n) is 8.27. The Morgan fingerprint density at radius 1 is 0.875 bits per heavy atom. The zero-order valence-corrected chi connectivity index (χ0v) is 8.27. The van der Waals surface area contributed by atoms with Crippen LogP contribution >= 0.6 is 0 Å². The minimum Gasteiger partial charge on any atom is -0.479 e. The zero-order chi connectivity index (χ0) is 13.0. The van der Waals surface area contributed by atoms with Crippen molar-refractivity contribution in [2.75, 3.05) is 0 Å². The van der Waals surface area contributed by atoms with Crippen molar-refractivity contribution in [2.24, 2.45) is 0 Å². The Balaban J connectivity index is 4.67. The van der Waals surface area contributed by atoms with Crippen LogP contribution in [0.2, 0.25) is 0 Å². The summed E-state index contributed by atoms with van der Waals surface area (Å²) in [5.74, 6) is -4.29. The maximum absolute atomic E-state index is 10.9. The maximum Gasteiger partial charge on any atom is 0.335 e. The topological polar surface area (TPSA) is 152 Å². The minimum atomic E-state index is -2.37. The number of hydrogen-bond donors (Lipinski definition) is 5. The van der Waals surface area contributed by atoms with Crippen LogP contribution in [0.25, 0.3) is 0 Å². The number of rotatable bonds is 6. The molecule has 4 atom stereocenters. The first-order chi connectivity index (χ1) is 7.20. The smallest absolute Gasteiger partial charge is 0.335 e. The van der Waals surface area contributed by atoms with Crippen LogP contribution in [-0.2, 0) is 14.4 Å². The minimum absolute atomic E-state index is 0.832. The molecule has 0 aromatic rings. The van der Waals surface area contributed by atoms with Crippen LogP contribution < -0.4 is 0 Å². The van der Waals surface area contributed by atoms with E-state index in [1.807, 2.05) is 0 Å². The van der Waals surface area contributed by atoms with Gasteiger partial charge in [-0.1, -0.05) is 0 Å². The van der Waals surface area contributed by atoms with E-state index in [0.717, 1.165) is 6.92 Å². The molecule has 0 radical (unpaired) electrons. The molecule has 8 heteroatoms. The molecule has 0 unspecified atom stereocenters. The molecule has 0 saturated heterocycles. The molecule has 0 aliphatic rings. The number of carbonyl (C=O) groups excluding carboxylic acids is 2. The third-order valence-corrected chi connectivity index (χ3v) is 1.87. The van der Waals surface area contributed by atoms with Crippen LogP contribution in [0.1, 0.15) is 6.92 Å². The van der Waals surface area contributed by atoms with Gasteiger partial charge in [0, 0.05) is 6.92 Å². The normalized spacial score (nSPS) is 18.3. The summed E-state index contributed by atoms with van der Waals surface area (Å²) >= 11 is 0. The first-order valence-electron chi connectivity index (χ1n) is 4.20. The summed E-state index contributed by atoms with van der Waals surface area (Å²) in [6.45, 7) is 0.832. The summed E-state index contributed by atoms with van der Waals surface area (Å²) in [5, 5.41) is 44.3. The van der Waals surface area contributed by atoms with Gasteiger partial charge in [-0.25, -0.2) is 4.79 Å². The Labute approximate surface area is 89.7 Å². The van der Waals surface area contributed by atoms with Gasteiger partial charge in [0.1, 0.15) is 18.3 Å². The van der Waals surface area contributed by atoms with E-state index < -0.39 is 42.0 Å². The molecule has 0 bridgehead atoms. The molecule has 0 amide bonds. The number of aliphatic hydroxyl groups excluding tert-OH is 4. The third-order valence-electron chi connectivity index (χ3n) is 1.87. The summed E-state index contributed by atoms with van der Waals surface area (Å²) in [5.41, 5.74) is 0. The summed E-state index contributed by atoms with van der Waals surface area (Å²) in [6, 6.07) is 0. The first-order valence-corrected chi connectivity index (χ1v) is 4.20. The third kappa shape index (κ3) is 3.35. The SMILES string of the molecule is CC(=O)C(=O)[C@H](O)[C@@H](O)[C@H](O)[C@H](O)C(=O)O. The van der Waals surface area contributed by atoms with Crippen LogP contribution in [0.4, 0.5) is 0 Å². The van der Waals surface area contributed by atoms with E-state index in [1.54, 1.807) is 0 Å². The van der Waals surface area contributed by atoms with E-state index in [-0.39, 0.29) is 0 Å². The molecule has 0 aromatic carbocycles. The summed E-state index contributed by atoms with van der Waals surface area (Å²) in [6.07, 6.45) is -9.19. The molecule has 0 aliphatic carbocycles. The van der Waals surface area contributed by atoms with E-state index in [0.29, 0.717) is 0 Å². The fourth-order valence-electron chi connectivity index (χ4n) is 0.883. The van der Waals surface area contributed by atoms with Crippen LogP contribution in [-0.4, -0.2) is 67.5 Å². The number of Topliss-reactive ketones (excluding diaryl/α,β-unsaturated/α-hetero) is 2. The van der Waals surface area contributed by atoms with Gasteiger partial charge in [-0.05, 0) is 0 Å². The molecule has 92 valence electrons. The number of aliphatic hydroxyl groups is 4. The van der Waals surface area contributed by atoms with Crippen molar-refractivity contribution in [1.29, 1.82) is 0 Å². The van der Waals surface area contributed by atoms with Crippen molar-refractivity contribution < 1.29 is 39.9 Å². The molecule has 0 aliphatic heterocycles. The number of aliphatic carboxylic acids is 1. The van der Waals surface area contributed by atoms with Crippen LogP contribution in [0.5, 0.6) is 0 Å². The van der Waals surface area contributed by atoms with Crippen LogP contribution in [0.15, 0.2) is 0 Å². The van der Waals surface area contributed by atoms with E-state index in [2.05, 4.69) is 0 Å². The van der Waals surface area contributed by atoms with Crippen LogP contribution in [0.3, 0.4) is 0 Å². The molecule has 8 nitrogen and oxygen atoms in total. The van der Waals surface area contributed by atoms with Gasteiger partial charge in [0.05, 0.1) is 0 Å². The lowest BCUT2D eigenvalue weighted by molar-refractivity contribution is -0.166. The lowest BCUT2D eigenvalue weighted by Crippen LogP contribution is -2.51. The highest BCUT2D eigenvalue weighted by Crippen LogP contribution is 2.06. The lowest BCUT2D eigenvalue weighted by Gasteiger charge is -2.22. The van der Waals surface area contributed by atoms with E-state index in [9.17, 15) is 14.4 Å². The highest BCUT2D eigenvalue weighted by molar-refractivity contribution is 6.38. The molecule has 0 spiro atoms. The van der Waals surface area contributed by atoms with Gasteiger partial charge in [0.2, 0.25) is 5.78 Å². The largest absolute Gasteiger partial charge is 0.479 e. The summed E-state index contributed by atoms with van der Waals surface area (Å²) in [4.78, 5) is 31.6. The predicted molar refractivity (Wildman–Crippen MR) is 47.4 cm³/mol. The monoisotopic (exact) mass is 236 g/mol. The molecule has 5 N–H and O–H groups in total. The molecule has 0 heterocycles. The van der Waals surface area contributed by atoms with Crippen LogP contribution in [0, 0.1) is 0 Å². The van der Waals surface area contributed by atoms with Crippen molar-refractivity contribution in [3.8, 4) is 0 Å². The highest BCUT2D eigenvalue weighted by Gasteiger charge is 2.38. The van der Waals surface area contributed by atoms with Crippen molar-refractivity contribution in [2.45, 2.75) is 31.3 Å². The van der Waals surface area contributed by atoms with Gasteiger partial charge in [-0.2, -0.15) is 0 Å². The van der Waals surface area contributed by atoms with Gasteiger partial charge >= 0.3 is 5.97 Å². The Morgan fingerprint density at radius 3 is 1.56 bits per heavy atom. The molecule has 0 aromatic heterocycles. The standard InChI is InChI=1S/C8H12O8/c1-2(9)3(10)4(11)5(12)6(13)7(14)8(15)16/h4-7,11-14H,1H3,(H,15,16)/t4-,5+,6-,7-/m0/s1. The molecule has 0 rings (SSSR count). The fraction of sp³-hybridized carbons (Fsp3) is 0.625. The second-order valence-electron chi connectivity index (χ2n) is 3.13. The van der Waals surface area contributed by atoms with Crippen molar-refractivity contribution in [3.63, 3.8) is 0 Å². The second kappa shape index (κ2) is 5.66. The molecular formula is C8H12O8. The van der Waals surface area contributed by atoms with Gasteiger partial charge in [-0.15, -0.1) is 0 Å². The number of carboxylic acids is 1. The molecule has 16 heavy (non-hydrogen) atoms. The average molecular weight is 236 g/mol. The summed E-state index contributed by atoms with van der Waals surface area (Å²) < 4.78 is 0. The number of hydrogen-bond acceptors (Lipinski definition) is 7. The average Bonchev–Trinajstić information content (AvgIpc) is 2.23. The number of carbonyl (C=O) groups is 3. The van der Waals surface area contributed by atoms with E-state index in [4.69, 9.17) is 25.5 Å². The quantitative estimate of drug-likeness (QED) is 0.300. The van der Waals surface area contributed by atoms with Crippen molar-refractivity contribution >= 4 is 17.5 Å². The Morgan fingerprint density at radius 2 is 1.25 bits per heavy atom. The number of ketones is 2. The maximum atomic E-state index is 10.9. The Hall–Kier alpha value is -1.35. The molecule has 0 fully saturated rings. The number of carboxylic acid groups (broad SMARTS) is 1. The Bertz CT molecular complexity index is 298. The van der Waals surface area contributed by atoms with Gasteiger partial charge in [0.15, 0.2) is 11.9 Å². The van der Waals surface area contributed by atoms with Crippen molar-refractivity contribution in [3.05, 3.63) is 0 Å². The lowest BCUT2D eigenvalue weighted by atomic mass is 9.99. The van der Waals surface area contributed by atoms with E-state index >= 15 is 0 Å². The van der Waals surface area contributed by atoms with E-state index in [1.165, 1.54) is 0 Å². The first kappa shape index (κ1) is 14.6. The van der Waals surface area contributed by atoms with Gasteiger partial charge in [0.25, 0.3) is 0 Å².